The van der Waals surface area contributed by atoms with Gasteiger partial charge in [-0.2, -0.15) is 4.39 Å². The average Bonchev–Trinajstić information content (AvgIpc) is 3.30. The number of hydrogen-bond donors (Lipinski definition) is 3. The molecule has 10 nitrogen and oxygen atoms in total. The van der Waals surface area contributed by atoms with Gasteiger partial charge in [0, 0.05) is 25.2 Å². The summed E-state index contributed by atoms with van der Waals surface area (Å²) in [5, 5.41) is 10.1. The summed E-state index contributed by atoms with van der Waals surface area (Å²) in [7, 11) is 2.04. The van der Waals surface area contributed by atoms with E-state index in [-0.39, 0.29) is 36.7 Å². The number of nitrogens with zero attached hydrogens (tertiary/aromatic N) is 5. The van der Waals surface area contributed by atoms with E-state index in [1.165, 1.54) is 0 Å². The Labute approximate surface area is 194 Å². The van der Waals surface area contributed by atoms with Crippen LogP contribution in [0.25, 0.3) is 0 Å². The molecule has 0 bridgehead atoms. The number of aryl methyl sites for hydroxylation is 1. The minimum absolute atomic E-state index is 0.0460. The molecule has 1 unspecified atom stereocenters. The van der Waals surface area contributed by atoms with Crippen molar-refractivity contribution in [3.8, 4) is 0 Å². The topological polar surface area (TPSA) is 114 Å². The quantitative estimate of drug-likeness (QED) is 0.288. The number of piperazine rings is 1. The van der Waals surface area contributed by atoms with E-state index in [0.29, 0.717) is 29.8 Å². The Morgan fingerprint density at radius 3 is 2.64 bits per heavy atom. The van der Waals surface area contributed by atoms with Crippen LogP contribution in [-0.2, 0) is 9.59 Å². The number of hydroxylamine groups is 2. The molecule has 3 rings (SSSR count). The normalized spacial score (nSPS) is 22.8. The first-order valence-electron chi connectivity index (χ1n) is 11.7. The SMILES string of the molecule is Cc1nc(NNC(=O)[C@H](CC2CCCC2)CN(O)C=O)c(F)c(N2CCN(C)C(C)[C@H]2C)n1. The van der Waals surface area contributed by atoms with Crippen molar-refractivity contribution in [1.29, 1.82) is 0 Å². The van der Waals surface area contributed by atoms with Crippen LogP contribution in [-0.4, -0.2) is 76.2 Å². The molecule has 2 amide bonds. The molecular formula is C22H36FN7O3. The molecule has 0 aromatic carbocycles. The highest BCUT2D eigenvalue weighted by molar-refractivity contribution is 5.80. The summed E-state index contributed by atoms with van der Waals surface area (Å²) in [6.45, 7) is 7.09. The summed E-state index contributed by atoms with van der Waals surface area (Å²) in [4.78, 5) is 36.4. The number of nitrogens with one attached hydrogen (secondary N) is 2. The van der Waals surface area contributed by atoms with E-state index in [9.17, 15) is 14.8 Å². The summed E-state index contributed by atoms with van der Waals surface area (Å²) in [6.07, 6.45) is 5.10. The molecule has 11 heteroatoms. The Kier molecular flexibility index (Phi) is 8.41. The fourth-order valence-electron chi connectivity index (χ4n) is 4.82. The van der Waals surface area contributed by atoms with Crippen LogP contribution in [0.15, 0.2) is 0 Å². The highest BCUT2D eigenvalue weighted by Gasteiger charge is 2.32. The molecular weight excluding hydrogens is 429 g/mol. The van der Waals surface area contributed by atoms with Gasteiger partial charge in [-0.1, -0.05) is 25.7 Å². The second kappa shape index (κ2) is 11.1. The number of anilines is 2. The lowest BCUT2D eigenvalue weighted by Crippen LogP contribution is -2.56. The highest BCUT2D eigenvalue weighted by atomic mass is 19.1. The molecule has 1 aromatic rings. The molecule has 184 valence electrons. The number of hydrazine groups is 1. The summed E-state index contributed by atoms with van der Waals surface area (Å²) in [6, 6.07) is 0.268. The van der Waals surface area contributed by atoms with Crippen molar-refractivity contribution < 1.29 is 19.2 Å². The molecule has 1 saturated carbocycles. The van der Waals surface area contributed by atoms with E-state index >= 15 is 4.39 Å². The molecule has 2 heterocycles. The number of likely N-dealkylation sites (N-methyl/N-ethyl adjacent to an activating group) is 1. The summed E-state index contributed by atoms with van der Waals surface area (Å²) < 4.78 is 15.4. The fourth-order valence-corrected chi connectivity index (χ4v) is 4.82. The zero-order valence-electron chi connectivity index (χ0n) is 19.9. The van der Waals surface area contributed by atoms with Crippen molar-refractivity contribution >= 4 is 24.0 Å². The van der Waals surface area contributed by atoms with Crippen LogP contribution in [0.1, 0.15) is 51.8 Å². The second-order valence-electron chi connectivity index (χ2n) is 9.34. The van der Waals surface area contributed by atoms with Crippen LogP contribution >= 0.6 is 0 Å². The lowest BCUT2D eigenvalue weighted by Gasteiger charge is -2.44. The number of amides is 2. The molecule has 3 N–H and O–H groups in total. The summed E-state index contributed by atoms with van der Waals surface area (Å²) in [5.74, 6) is -0.842. The van der Waals surface area contributed by atoms with Crippen LogP contribution in [0.5, 0.6) is 0 Å². The van der Waals surface area contributed by atoms with E-state index in [2.05, 4.69) is 32.6 Å². The standard InChI is InChI=1S/C22H36FN7O3/c1-14-15(2)30(10-9-28(14)4)21-19(23)20(24-16(3)25-21)26-27-22(32)18(12-29(33)13-31)11-17-7-5-6-8-17/h13-15,17-18,33H,5-12H2,1-4H3,(H,27,32)(H,24,25,26)/t14?,15-,18-/m1/s1. The van der Waals surface area contributed by atoms with Gasteiger partial charge in [-0.05, 0) is 40.2 Å². The van der Waals surface area contributed by atoms with E-state index < -0.39 is 17.6 Å². The number of halogens is 1. The first-order valence-corrected chi connectivity index (χ1v) is 11.7. The lowest BCUT2D eigenvalue weighted by molar-refractivity contribution is -0.154. The molecule has 2 aliphatic rings. The van der Waals surface area contributed by atoms with Crippen molar-refractivity contribution in [3.05, 3.63) is 11.6 Å². The maximum Gasteiger partial charge on any atom is 0.243 e. The third-order valence-electron chi connectivity index (χ3n) is 7.09. The van der Waals surface area contributed by atoms with Crippen molar-refractivity contribution in [2.24, 2.45) is 11.8 Å². The second-order valence-corrected chi connectivity index (χ2v) is 9.34. The molecule has 1 aromatic heterocycles. The molecule has 0 radical (unpaired) electrons. The smallest absolute Gasteiger partial charge is 0.243 e. The van der Waals surface area contributed by atoms with E-state index in [0.717, 1.165) is 32.2 Å². The van der Waals surface area contributed by atoms with Crippen molar-refractivity contribution in [1.82, 2.24) is 25.4 Å². The van der Waals surface area contributed by atoms with E-state index in [1.807, 2.05) is 18.9 Å². The van der Waals surface area contributed by atoms with Crippen molar-refractivity contribution in [2.45, 2.75) is 65.0 Å². The predicted octanol–water partition coefficient (Wildman–Crippen LogP) is 1.94. The van der Waals surface area contributed by atoms with Crippen molar-refractivity contribution in [2.75, 3.05) is 37.0 Å². The fraction of sp³-hybridized carbons (Fsp3) is 0.727. The molecule has 2 fully saturated rings. The maximum atomic E-state index is 15.4. The number of hydrogen-bond acceptors (Lipinski definition) is 8. The Bertz CT molecular complexity index is 836. The monoisotopic (exact) mass is 465 g/mol. The van der Waals surface area contributed by atoms with Crippen LogP contribution < -0.4 is 15.8 Å². The average molecular weight is 466 g/mol. The maximum absolute atomic E-state index is 15.4. The van der Waals surface area contributed by atoms with Gasteiger partial charge in [0.2, 0.25) is 18.1 Å². The minimum Gasteiger partial charge on any atom is -0.348 e. The Morgan fingerprint density at radius 2 is 1.97 bits per heavy atom. The van der Waals surface area contributed by atoms with E-state index in [1.54, 1.807) is 6.92 Å². The van der Waals surface area contributed by atoms with Gasteiger partial charge < -0.3 is 4.90 Å². The van der Waals surface area contributed by atoms with E-state index in [4.69, 9.17) is 0 Å². The van der Waals surface area contributed by atoms with Gasteiger partial charge in [-0.15, -0.1) is 0 Å². The Hall–Kier alpha value is -2.53. The largest absolute Gasteiger partial charge is 0.348 e. The van der Waals surface area contributed by atoms with Crippen LogP contribution in [0.3, 0.4) is 0 Å². The minimum atomic E-state index is -0.631. The molecule has 0 spiro atoms. The number of carbonyl (C=O) groups is 2. The Balaban J connectivity index is 1.72. The molecule has 1 saturated heterocycles. The van der Waals surface area contributed by atoms with Crippen LogP contribution in [0.4, 0.5) is 16.0 Å². The predicted molar refractivity (Wildman–Crippen MR) is 122 cm³/mol. The van der Waals surface area contributed by atoms with Crippen molar-refractivity contribution in [3.63, 3.8) is 0 Å². The number of rotatable bonds is 9. The van der Waals surface area contributed by atoms with Crippen LogP contribution in [0.2, 0.25) is 0 Å². The highest BCUT2D eigenvalue weighted by Crippen LogP contribution is 2.31. The third kappa shape index (κ3) is 6.08. The van der Waals surface area contributed by atoms with Gasteiger partial charge in [0.1, 0.15) is 5.82 Å². The zero-order chi connectivity index (χ0) is 24.1. The molecule has 1 aliphatic carbocycles. The molecule has 3 atom stereocenters. The summed E-state index contributed by atoms with van der Waals surface area (Å²) >= 11 is 0. The third-order valence-corrected chi connectivity index (χ3v) is 7.09. The van der Waals surface area contributed by atoms with Gasteiger partial charge >= 0.3 is 0 Å². The van der Waals surface area contributed by atoms with Gasteiger partial charge in [-0.3, -0.25) is 30.5 Å². The van der Waals surface area contributed by atoms with Gasteiger partial charge in [0.15, 0.2) is 11.6 Å². The Morgan fingerprint density at radius 1 is 1.27 bits per heavy atom. The first kappa shape index (κ1) is 25.1. The summed E-state index contributed by atoms with van der Waals surface area (Å²) in [5.41, 5.74) is 5.14. The first-order chi connectivity index (χ1) is 15.7. The number of aromatic nitrogens is 2. The van der Waals surface area contributed by atoms with Crippen LogP contribution in [0, 0.1) is 24.6 Å². The lowest BCUT2D eigenvalue weighted by atomic mass is 9.92. The van der Waals surface area contributed by atoms with Gasteiger partial charge in [-0.25, -0.2) is 15.0 Å². The zero-order valence-corrected chi connectivity index (χ0v) is 19.9. The number of carbonyl (C=O) groups excluding carboxylic acids is 2. The van der Waals surface area contributed by atoms with Gasteiger partial charge in [0.05, 0.1) is 12.5 Å². The molecule has 33 heavy (non-hydrogen) atoms. The molecule has 1 aliphatic heterocycles. The van der Waals surface area contributed by atoms with Gasteiger partial charge in [0.25, 0.3) is 0 Å².